The fourth-order valence-electron chi connectivity index (χ4n) is 3.24. The number of non-ortho nitro benzene ring substituents is 1. The molecule has 0 aliphatic carbocycles. The van der Waals surface area contributed by atoms with Crippen LogP contribution in [-0.2, 0) is 14.3 Å². The number of hydrogen-bond acceptors (Lipinski definition) is 7. The van der Waals surface area contributed by atoms with Gasteiger partial charge in [-0.1, -0.05) is 30.3 Å². The number of amides is 1. The van der Waals surface area contributed by atoms with Gasteiger partial charge in [0.1, 0.15) is 0 Å². The third-order valence-corrected chi connectivity index (χ3v) is 4.75. The molecule has 2 aromatic carbocycles. The van der Waals surface area contributed by atoms with E-state index < -0.39 is 28.7 Å². The van der Waals surface area contributed by atoms with Crippen LogP contribution in [0, 0.1) is 10.1 Å². The number of carbonyl (C=O) groups excluding carboxylic acids is 3. The summed E-state index contributed by atoms with van der Waals surface area (Å²) in [6.07, 6.45) is 0.543. The average Bonchev–Trinajstić information content (AvgIpc) is 3.31. The van der Waals surface area contributed by atoms with Crippen LogP contribution < -0.4 is 0 Å². The number of nitro groups is 1. The molecule has 0 unspecified atom stereocenters. The van der Waals surface area contributed by atoms with Crippen LogP contribution in [0.25, 0.3) is 0 Å². The maximum absolute atomic E-state index is 13.0. The maximum atomic E-state index is 13.0. The first-order chi connectivity index (χ1) is 14.4. The number of ether oxygens (including phenoxy) is 2. The molecule has 9 heteroatoms. The van der Waals surface area contributed by atoms with Crippen molar-refractivity contribution < 1.29 is 28.8 Å². The van der Waals surface area contributed by atoms with E-state index in [-0.39, 0.29) is 17.0 Å². The van der Waals surface area contributed by atoms with Crippen LogP contribution in [0.15, 0.2) is 48.5 Å². The number of rotatable bonds is 6. The Kier molecular flexibility index (Phi) is 6.41. The van der Waals surface area contributed by atoms with Crippen LogP contribution in [-0.4, -0.2) is 47.9 Å². The Bertz CT molecular complexity index is 969. The van der Waals surface area contributed by atoms with E-state index in [1.165, 1.54) is 0 Å². The lowest BCUT2D eigenvalue weighted by molar-refractivity contribution is -0.384. The fourth-order valence-corrected chi connectivity index (χ4v) is 3.24. The molecule has 3 rings (SSSR count). The highest BCUT2D eigenvalue weighted by molar-refractivity contribution is 5.97. The molecular formula is C21H20N2O7. The summed E-state index contributed by atoms with van der Waals surface area (Å²) in [4.78, 5) is 49.7. The minimum atomic E-state index is -1.20. The normalized spacial score (nSPS) is 14.1. The molecule has 0 aromatic heterocycles. The van der Waals surface area contributed by atoms with Crippen molar-refractivity contribution in [2.45, 2.75) is 18.9 Å². The minimum absolute atomic E-state index is 0.166. The minimum Gasteiger partial charge on any atom is -0.465 e. The van der Waals surface area contributed by atoms with Gasteiger partial charge in [-0.3, -0.25) is 14.9 Å². The summed E-state index contributed by atoms with van der Waals surface area (Å²) in [6, 6.07) is 11.7. The van der Waals surface area contributed by atoms with Gasteiger partial charge < -0.3 is 14.4 Å². The molecule has 0 bridgehead atoms. The van der Waals surface area contributed by atoms with Gasteiger partial charge in [-0.15, -0.1) is 0 Å². The van der Waals surface area contributed by atoms with Gasteiger partial charge in [0.05, 0.1) is 23.2 Å². The second-order valence-electron chi connectivity index (χ2n) is 6.75. The number of nitro benzene ring substituents is 1. The number of likely N-dealkylation sites (tertiary alicyclic amines) is 1. The number of nitrogens with zero attached hydrogens (tertiary/aromatic N) is 2. The van der Waals surface area contributed by atoms with Crippen molar-refractivity contribution in [3.63, 3.8) is 0 Å². The van der Waals surface area contributed by atoms with E-state index in [0.717, 1.165) is 38.2 Å². The van der Waals surface area contributed by atoms with Gasteiger partial charge in [-0.2, -0.15) is 0 Å². The van der Waals surface area contributed by atoms with E-state index in [0.29, 0.717) is 18.7 Å². The Labute approximate surface area is 172 Å². The molecule has 0 radical (unpaired) electrons. The van der Waals surface area contributed by atoms with E-state index in [1.807, 2.05) is 0 Å². The van der Waals surface area contributed by atoms with Crippen LogP contribution in [0.2, 0.25) is 0 Å². The highest BCUT2D eigenvalue weighted by atomic mass is 16.6. The van der Waals surface area contributed by atoms with Crippen molar-refractivity contribution in [2.24, 2.45) is 0 Å². The zero-order valence-electron chi connectivity index (χ0n) is 16.3. The summed E-state index contributed by atoms with van der Waals surface area (Å²) in [5, 5.41) is 11.2. The van der Waals surface area contributed by atoms with Crippen molar-refractivity contribution in [2.75, 3.05) is 20.2 Å². The Morgan fingerprint density at radius 3 is 2.17 bits per heavy atom. The standard InChI is InChI=1S/C21H20N2O7/c1-29-20(25)15-11-16(13-17(12-15)23(27)28)21(26)30-18(14-7-3-2-4-8-14)19(24)22-9-5-6-10-22/h2-4,7-8,11-13,18H,5-6,9-10H2,1H3/t18-/m1/s1. The van der Waals surface area contributed by atoms with Gasteiger partial charge in [-0.25, -0.2) is 9.59 Å². The number of methoxy groups -OCH3 is 1. The molecule has 1 aliphatic heterocycles. The van der Waals surface area contributed by atoms with Gasteiger partial charge in [0.15, 0.2) is 0 Å². The third kappa shape index (κ3) is 4.62. The zero-order valence-corrected chi connectivity index (χ0v) is 16.3. The van der Waals surface area contributed by atoms with Crippen LogP contribution in [0.3, 0.4) is 0 Å². The van der Waals surface area contributed by atoms with Crippen LogP contribution in [0.5, 0.6) is 0 Å². The Morgan fingerprint density at radius 2 is 1.60 bits per heavy atom. The molecule has 1 fully saturated rings. The summed E-state index contributed by atoms with van der Waals surface area (Å²) in [6.45, 7) is 1.14. The molecular weight excluding hydrogens is 392 g/mol. The summed E-state index contributed by atoms with van der Waals surface area (Å²) in [5.74, 6) is -2.14. The Balaban J connectivity index is 1.93. The molecule has 0 N–H and O–H groups in total. The van der Waals surface area contributed by atoms with E-state index in [4.69, 9.17) is 4.74 Å². The van der Waals surface area contributed by atoms with Crippen molar-refractivity contribution in [3.8, 4) is 0 Å². The van der Waals surface area contributed by atoms with Gasteiger partial charge in [-0.05, 0) is 18.9 Å². The summed E-state index contributed by atoms with van der Waals surface area (Å²) in [5.41, 5.74) is -0.367. The first-order valence-corrected chi connectivity index (χ1v) is 9.33. The quantitative estimate of drug-likeness (QED) is 0.407. The van der Waals surface area contributed by atoms with Gasteiger partial charge in [0.2, 0.25) is 6.10 Å². The third-order valence-electron chi connectivity index (χ3n) is 4.75. The van der Waals surface area contributed by atoms with Gasteiger partial charge in [0.25, 0.3) is 11.6 Å². The fraction of sp³-hybridized carbons (Fsp3) is 0.286. The van der Waals surface area contributed by atoms with Crippen LogP contribution in [0.4, 0.5) is 5.69 Å². The molecule has 1 heterocycles. The highest BCUT2D eigenvalue weighted by Crippen LogP contribution is 2.26. The van der Waals surface area contributed by atoms with Crippen LogP contribution >= 0.6 is 0 Å². The number of esters is 2. The first kappa shape index (κ1) is 21.0. The topological polar surface area (TPSA) is 116 Å². The molecule has 30 heavy (non-hydrogen) atoms. The molecule has 1 aliphatic rings. The lowest BCUT2D eigenvalue weighted by atomic mass is 10.1. The number of benzene rings is 2. The summed E-state index contributed by atoms with van der Waals surface area (Å²) >= 11 is 0. The molecule has 0 spiro atoms. The predicted octanol–water partition coefficient (Wildman–Crippen LogP) is 2.90. The monoisotopic (exact) mass is 412 g/mol. The predicted molar refractivity (Wildman–Crippen MR) is 105 cm³/mol. The maximum Gasteiger partial charge on any atom is 0.339 e. The lowest BCUT2D eigenvalue weighted by Gasteiger charge is -2.23. The molecule has 0 saturated carbocycles. The van der Waals surface area contributed by atoms with Crippen LogP contribution in [0.1, 0.15) is 45.2 Å². The second kappa shape index (κ2) is 9.17. The van der Waals surface area contributed by atoms with Crippen molar-refractivity contribution in [1.29, 1.82) is 0 Å². The molecule has 1 atom stereocenters. The molecule has 1 saturated heterocycles. The first-order valence-electron chi connectivity index (χ1n) is 9.33. The van der Waals surface area contributed by atoms with Crippen molar-refractivity contribution >= 4 is 23.5 Å². The van der Waals surface area contributed by atoms with Crippen molar-refractivity contribution in [1.82, 2.24) is 4.90 Å². The Morgan fingerprint density at radius 1 is 1.00 bits per heavy atom. The largest absolute Gasteiger partial charge is 0.465 e. The van der Waals surface area contributed by atoms with Gasteiger partial charge in [0, 0.05) is 30.8 Å². The smallest absolute Gasteiger partial charge is 0.339 e. The van der Waals surface area contributed by atoms with E-state index in [9.17, 15) is 24.5 Å². The van der Waals surface area contributed by atoms with E-state index in [1.54, 1.807) is 35.2 Å². The molecule has 2 aromatic rings. The lowest BCUT2D eigenvalue weighted by Crippen LogP contribution is -2.34. The molecule has 156 valence electrons. The average molecular weight is 412 g/mol. The summed E-state index contributed by atoms with van der Waals surface area (Å²) < 4.78 is 10.1. The zero-order chi connectivity index (χ0) is 21.7. The van der Waals surface area contributed by atoms with E-state index >= 15 is 0 Å². The highest BCUT2D eigenvalue weighted by Gasteiger charge is 2.32. The number of carbonyl (C=O) groups is 3. The second-order valence-corrected chi connectivity index (χ2v) is 6.75. The van der Waals surface area contributed by atoms with Gasteiger partial charge >= 0.3 is 11.9 Å². The van der Waals surface area contributed by atoms with E-state index in [2.05, 4.69) is 4.74 Å². The SMILES string of the molecule is COC(=O)c1cc(C(=O)O[C@@H](C(=O)N2CCCC2)c2ccccc2)cc([N+](=O)[O-])c1. The summed E-state index contributed by atoms with van der Waals surface area (Å²) in [7, 11) is 1.12. The molecule has 9 nitrogen and oxygen atoms in total. The Hall–Kier alpha value is -3.75. The number of hydrogen-bond donors (Lipinski definition) is 0. The molecule has 1 amide bonds. The van der Waals surface area contributed by atoms with Crippen molar-refractivity contribution in [3.05, 3.63) is 75.3 Å².